The van der Waals surface area contributed by atoms with E-state index in [0.29, 0.717) is 0 Å². The lowest BCUT2D eigenvalue weighted by Crippen LogP contribution is -2.04. The topological polar surface area (TPSA) is 67.2 Å². The molecule has 18 heavy (non-hydrogen) atoms. The van der Waals surface area contributed by atoms with E-state index < -0.39 is 15.6 Å². The molecule has 0 aromatic heterocycles. The quantitative estimate of drug-likeness (QED) is 0.849. The fourth-order valence-electron chi connectivity index (χ4n) is 1.69. The van der Waals surface area contributed by atoms with Gasteiger partial charge in [0.1, 0.15) is 11.5 Å². The largest absolute Gasteiger partial charge is 0.497 e. The van der Waals surface area contributed by atoms with E-state index in [1.54, 1.807) is 37.4 Å². The maximum Gasteiger partial charge on any atom is 0.191 e. The third-order valence-corrected chi connectivity index (χ3v) is 4.11. The number of ether oxygens (including phenoxy) is 1. The van der Waals surface area contributed by atoms with E-state index in [1.165, 1.54) is 6.07 Å². The van der Waals surface area contributed by atoms with Gasteiger partial charge in [-0.1, -0.05) is 12.1 Å². The number of sulfone groups is 1. The number of methoxy groups -OCH3 is 1. The molecule has 0 saturated heterocycles. The van der Waals surface area contributed by atoms with E-state index >= 15 is 0 Å². The van der Waals surface area contributed by atoms with Crippen LogP contribution in [0, 0.1) is 11.3 Å². The molecular formula is C13H11NO3S. The highest BCUT2D eigenvalue weighted by molar-refractivity contribution is 7.91. The minimum atomic E-state index is -3.51. The van der Waals surface area contributed by atoms with Crippen LogP contribution in [0.1, 0.15) is 0 Å². The molecule has 2 rings (SSSR count). The van der Waals surface area contributed by atoms with Crippen molar-refractivity contribution in [2.45, 2.75) is 4.90 Å². The summed E-state index contributed by atoms with van der Waals surface area (Å²) >= 11 is 0. The van der Waals surface area contributed by atoms with Crippen LogP contribution in [0.25, 0.3) is 10.8 Å². The molecule has 0 aliphatic carbocycles. The lowest BCUT2D eigenvalue weighted by Gasteiger charge is -2.05. The van der Waals surface area contributed by atoms with E-state index in [2.05, 4.69) is 0 Å². The summed E-state index contributed by atoms with van der Waals surface area (Å²) in [5.41, 5.74) is 0. The summed E-state index contributed by atoms with van der Waals surface area (Å²) in [5, 5.41) is 10.2. The maximum absolute atomic E-state index is 11.8. The zero-order chi connectivity index (χ0) is 13.2. The number of fused-ring (bicyclic) bond motifs is 1. The van der Waals surface area contributed by atoms with Crippen LogP contribution in [-0.4, -0.2) is 21.3 Å². The molecule has 0 spiro atoms. The van der Waals surface area contributed by atoms with Crippen LogP contribution in [0.15, 0.2) is 41.3 Å². The molecule has 2 aromatic rings. The van der Waals surface area contributed by atoms with Crippen LogP contribution in [0.4, 0.5) is 0 Å². The molecule has 4 nitrogen and oxygen atoms in total. The first-order chi connectivity index (χ1) is 8.56. The molecule has 0 unspecified atom stereocenters. The molecule has 0 amide bonds. The Balaban J connectivity index is 2.56. The van der Waals surface area contributed by atoms with Gasteiger partial charge in [0.15, 0.2) is 9.84 Å². The molecule has 0 heterocycles. The van der Waals surface area contributed by atoms with Crippen molar-refractivity contribution in [1.29, 1.82) is 5.26 Å². The Morgan fingerprint density at radius 3 is 2.50 bits per heavy atom. The van der Waals surface area contributed by atoms with Crippen molar-refractivity contribution in [2.75, 3.05) is 12.9 Å². The van der Waals surface area contributed by atoms with Crippen LogP contribution >= 0.6 is 0 Å². The summed E-state index contributed by atoms with van der Waals surface area (Å²) < 4.78 is 28.6. The van der Waals surface area contributed by atoms with Crippen LogP contribution in [0.3, 0.4) is 0 Å². The summed E-state index contributed by atoms with van der Waals surface area (Å²) in [6.45, 7) is 0. The SMILES string of the molecule is COc1ccc2cc(S(=O)(=O)CC#N)ccc2c1. The van der Waals surface area contributed by atoms with Crippen molar-refractivity contribution in [2.24, 2.45) is 0 Å². The molecule has 0 aliphatic heterocycles. The normalized spacial score (nSPS) is 11.1. The molecule has 0 aliphatic rings. The number of nitriles is 1. The van der Waals surface area contributed by atoms with E-state index in [0.717, 1.165) is 16.5 Å². The number of nitrogens with zero attached hydrogens (tertiary/aromatic N) is 1. The van der Waals surface area contributed by atoms with Gasteiger partial charge in [-0.05, 0) is 35.0 Å². The second kappa shape index (κ2) is 4.67. The minimum absolute atomic E-state index is 0.168. The second-order valence-electron chi connectivity index (χ2n) is 3.79. The molecule has 0 atom stereocenters. The van der Waals surface area contributed by atoms with Gasteiger partial charge in [-0.15, -0.1) is 0 Å². The highest BCUT2D eigenvalue weighted by atomic mass is 32.2. The summed E-state index contributed by atoms with van der Waals surface area (Å²) in [6.07, 6.45) is 0. The Bertz CT molecular complexity index is 729. The van der Waals surface area contributed by atoms with Crippen molar-refractivity contribution in [3.05, 3.63) is 36.4 Å². The number of hydrogen-bond acceptors (Lipinski definition) is 4. The Hall–Kier alpha value is -2.06. The average Bonchev–Trinajstić information content (AvgIpc) is 2.37. The van der Waals surface area contributed by atoms with Crippen molar-refractivity contribution >= 4 is 20.6 Å². The third-order valence-electron chi connectivity index (χ3n) is 2.63. The van der Waals surface area contributed by atoms with Gasteiger partial charge in [0.25, 0.3) is 0 Å². The van der Waals surface area contributed by atoms with Gasteiger partial charge in [0, 0.05) is 0 Å². The first-order valence-electron chi connectivity index (χ1n) is 5.24. The van der Waals surface area contributed by atoms with E-state index in [1.807, 2.05) is 6.07 Å². The zero-order valence-corrected chi connectivity index (χ0v) is 10.6. The van der Waals surface area contributed by atoms with Crippen LogP contribution in [-0.2, 0) is 9.84 Å². The lowest BCUT2D eigenvalue weighted by atomic mass is 10.1. The molecule has 0 N–H and O–H groups in total. The smallest absolute Gasteiger partial charge is 0.191 e. The van der Waals surface area contributed by atoms with Crippen molar-refractivity contribution in [1.82, 2.24) is 0 Å². The molecule has 0 bridgehead atoms. The monoisotopic (exact) mass is 261 g/mol. The maximum atomic E-state index is 11.8. The van der Waals surface area contributed by atoms with Gasteiger partial charge in [0.05, 0.1) is 18.1 Å². The van der Waals surface area contributed by atoms with Gasteiger partial charge >= 0.3 is 0 Å². The fraction of sp³-hybridized carbons (Fsp3) is 0.154. The molecule has 0 radical (unpaired) electrons. The Labute approximate surface area is 105 Å². The summed E-state index contributed by atoms with van der Waals surface area (Å²) in [6, 6.07) is 11.8. The van der Waals surface area contributed by atoms with Gasteiger partial charge in [-0.3, -0.25) is 0 Å². The number of hydrogen-bond donors (Lipinski definition) is 0. The average molecular weight is 261 g/mol. The standard InChI is InChI=1S/C13H11NO3S/c1-17-12-4-2-11-9-13(5-3-10(11)8-12)18(15,16)7-6-14/h2-5,8-9H,7H2,1H3. The zero-order valence-electron chi connectivity index (χ0n) is 9.75. The second-order valence-corrected chi connectivity index (χ2v) is 5.78. The van der Waals surface area contributed by atoms with Crippen LogP contribution in [0.5, 0.6) is 5.75 Å². The predicted octanol–water partition coefficient (Wildman–Crippen LogP) is 2.15. The lowest BCUT2D eigenvalue weighted by molar-refractivity contribution is 0.415. The van der Waals surface area contributed by atoms with Gasteiger partial charge in [-0.25, -0.2) is 8.42 Å². The summed E-state index contributed by atoms with van der Waals surface area (Å²) in [7, 11) is -1.93. The van der Waals surface area contributed by atoms with Gasteiger partial charge < -0.3 is 4.74 Å². The molecule has 0 fully saturated rings. The van der Waals surface area contributed by atoms with Crippen LogP contribution < -0.4 is 4.74 Å². The summed E-state index contributed by atoms with van der Waals surface area (Å²) in [5.74, 6) is 0.212. The van der Waals surface area contributed by atoms with E-state index in [4.69, 9.17) is 10.00 Å². The van der Waals surface area contributed by atoms with E-state index in [9.17, 15) is 8.42 Å². The third kappa shape index (κ3) is 2.29. The van der Waals surface area contributed by atoms with Crippen molar-refractivity contribution in [3.63, 3.8) is 0 Å². The predicted molar refractivity (Wildman–Crippen MR) is 68.2 cm³/mol. The number of benzene rings is 2. The summed E-state index contributed by atoms with van der Waals surface area (Å²) in [4.78, 5) is 0.168. The first kappa shape index (κ1) is 12.4. The Morgan fingerprint density at radius 2 is 1.83 bits per heavy atom. The highest BCUT2D eigenvalue weighted by Gasteiger charge is 2.14. The van der Waals surface area contributed by atoms with Gasteiger partial charge in [0.2, 0.25) is 0 Å². The fourth-order valence-corrected chi connectivity index (χ4v) is 2.61. The minimum Gasteiger partial charge on any atom is -0.497 e. The van der Waals surface area contributed by atoms with Crippen LogP contribution in [0.2, 0.25) is 0 Å². The molecule has 92 valence electrons. The Morgan fingerprint density at radius 1 is 1.17 bits per heavy atom. The molecular weight excluding hydrogens is 250 g/mol. The van der Waals surface area contributed by atoms with Gasteiger partial charge in [-0.2, -0.15) is 5.26 Å². The van der Waals surface area contributed by atoms with Crippen molar-refractivity contribution < 1.29 is 13.2 Å². The molecule has 0 saturated carbocycles. The number of rotatable bonds is 3. The molecule has 5 heteroatoms. The molecule has 2 aromatic carbocycles. The van der Waals surface area contributed by atoms with Crippen molar-refractivity contribution in [3.8, 4) is 11.8 Å². The first-order valence-corrected chi connectivity index (χ1v) is 6.89. The Kier molecular flexibility index (Phi) is 3.21. The van der Waals surface area contributed by atoms with E-state index in [-0.39, 0.29) is 4.90 Å². The highest BCUT2D eigenvalue weighted by Crippen LogP contribution is 2.24.